The Balaban J connectivity index is 1.99. The number of nitrogens with two attached hydrogens (primary N) is 1. The quantitative estimate of drug-likeness (QED) is 0.905. The zero-order chi connectivity index (χ0) is 15.6. The number of piperidine rings is 1. The fraction of sp³-hybridized carbons (Fsp3) is 0.714. The molecular weight excluding hydrogens is 286 g/mol. The summed E-state index contributed by atoms with van der Waals surface area (Å²) >= 11 is 1.36. The van der Waals surface area contributed by atoms with E-state index in [2.05, 4.69) is 16.9 Å². The molecule has 0 radical (unpaired) electrons. The zero-order valence-electron chi connectivity index (χ0n) is 13.3. The van der Waals surface area contributed by atoms with Crippen molar-refractivity contribution in [1.29, 1.82) is 0 Å². The molecule has 118 valence electrons. The highest BCUT2D eigenvalue weighted by Gasteiger charge is 2.24. The van der Waals surface area contributed by atoms with Gasteiger partial charge in [-0.05, 0) is 38.9 Å². The van der Waals surface area contributed by atoms with Crippen LogP contribution in [0.1, 0.15) is 22.5 Å². The first-order valence-electron chi connectivity index (χ1n) is 7.26. The van der Waals surface area contributed by atoms with Crippen molar-refractivity contribution in [2.24, 2.45) is 5.92 Å². The number of carbonyl (C=O) groups is 1. The first-order valence-corrected chi connectivity index (χ1v) is 8.07. The number of hydrogen-bond donors (Lipinski definition) is 1. The summed E-state index contributed by atoms with van der Waals surface area (Å²) in [6, 6.07) is 0. The molecule has 0 atom stereocenters. The largest absolute Gasteiger partial charge is 0.382 e. The van der Waals surface area contributed by atoms with Gasteiger partial charge in [0.05, 0.1) is 0 Å². The molecule has 6 nitrogen and oxygen atoms in total. The van der Waals surface area contributed by atoms with Crippen LogP contribution in [0.25, 0.3) is 0 Å². The lowest BCUT2D eigenvalue weighted by atomic mass is 9.96. The van der Waals surface area contributed by atoms with Gasteiger partial charge in [0.1, 0.15) is 10.7 Å². The van der Waals surface area contributed by atoms with Crippen LogP contribution in [0, 0.1) is 5.92 Å². The molecule has 0 spiro atoms. The van der Waals surface area contributed by atoms with E-state index in [1.807, 2.05) is 26.0 Å². The summed E-state index contributed by atoms with van der Waals surface area (Å²) in [7, 11) is 7.80. The first-order chi connectivity index (χ1) is 9.88. The minimum absolute atomic E-state index is 0.0166. The van der Waals surface area contributed by atoms with Crippen LogP contribution >= 0.6 is 11.3 Å². The van der Waals surface area contributed by atoms with Gasteiger partial charge in [-0.2, -0.15) is 0 Å². The highest BCUT2D eigenvalue weighted by atomic mass is 32.1. The van der Waals surface area contributed by atoms with E-state index >= 15 is 0 Å². The molecule has 2 heterocycles. The van der Waals surface area contributed by atoms with Crippen molar-refractivity contribution < 1.29 is 4.79 Å². The molecule has 1 aliphatic heterocycles. The van der Waals surface area contributed by atoms with Gasteiger partial charge in [-0.3, -0.25) is 4.79 Å². The van der Waals surface area contributed by atoms with Crippen molar-refractivity contribution in [3.63, 3.8) is 0 Å². The van der Waals surface area contributed by atoms with Gasteiger partial charge in [0.25, 0.3) is 5.91 Å². The van der Waals surface area contributed by atoms with Crippen LogP contribution in [-0.2, 0) is 0 Å². The van der Waals surface area contributed by atoms with Gasteiger partial charge in [-0.15, -0.1) is 0 Å². The summed E-state index contributed by atoms with van der Waals surface area (Å²) < 4.78 is 0. The molecule has 1 aromatic heterocycles. The Hall–Kier alpha value is -1.34. The zero-order valence-corrected chi connectivity index (χ0v) is 14.1. The SMILES string of the molecule is CN1CCC(CN(C)C(=O)c2sc(N(C)C)nc2N)CC1. The number of rotatable bonds is 4. The molecule has 0 unspecified atom stereocenters. The van der Waals surface area contributed by atoms with Crippen molar-refractivity contribution in [3.8, 4) is 0 Å². The standard InChI is InChI=1S/C14H25N5OS/c1-17(2)14-16-12(15)11(21-14)13(20)19(4)9-10-5-7-18(3)8-6-10/h10H,5-9,15H2,1-4H3. The molecule has 2 N–H and O–H groups in total. The summed E-state index contributed by atoms with van der Waals surface area (Å²) in [5.74, 6) is 0.901. The number of aromatic nitrogens is 1. The van der Waals surface area contributed by atoms with E-state index in [9.17, 15) is 4.79 Å². The van der Waals surface area contributed by atoms with Crippen LogP contribution < -0.4 is 10.6 Å². The Morgan fingerprint density at radius 1 is 1.38 bits per heavy atom. The summed E-state index contributed by atoms with van der Waals surface area (Å²) in [5, 5.41) is 0.767. The van der Waals surface area contributed by atoms with Gasteiger partial charge in [0, 0.05) is 27.7 Å². The van der Waals surface area contributed by atoms with Gasteiger partial charge in [-0.1, -0.05) is 11.3 Å². The Morgan fingerprint density at radius 2 is 2.00 bits per heavy atom. The van der Waals surface area contributed by atoms with Crippen molar-refractivity contribution in [2.75, 3.05) is 58.5 Å². The van der Waals surface area contributed by atoms with E-state index in [1.54, 1.807) is 4.90 Å². The average Bonchev–Trinajstić information content (AvgIpc) is 2.82. The molecule has 1 fully saturated rings. The lowest BCUT2D eigenvalue weighted by Crippen LogP contribution is -2.37. The molecule has 0 saturated carbocycles. The van der Waals surface area contributed by atoms with E-state index in [0.29, 0.717) is 16.6 Å². The second kappa shape index (κ2) is 6.62. The van der Waals surface area contributed by atoms with Gasteiger partial charge in [0.2, 0.25) is 0 Å². The molecule has 7 heteroatoms. The van der Waals surface area contributed by atoms with Crippen LogP contribution in [0.15, 0.2) is 0 Å². The van der Waals surface area contributed by atoms with Crippen LogP contribution in [0.2, 0.25) is 0 Å². The molecule has 1 aromatic rings. The molecular formula is C14H25N5OS. The molecule has 1 saturated heterocycles. The molecule has 1 aliphatic rings. The maximum Gasteiger partial charge on any atom is 0.267 e. The third kappa shape index (κ3) is 3.85. The lowest BCUT2D eigenvalue weighted by Gasteiger charge is -2.31. The highest BCUT2D eigenvalue weighted by molar-refractivity contribution is 7.18. The van der Waals surface area contributed by atoms with Crippen LogP contribution in [0.5, 0.6) is 0 Å². The third-order valence-electron chi connectivity index (χ3n) is 3.94. The van der Waals surface area contributed by atoms with E-state index in [4.69, 9.17) is 5.73 Å². The minimum atomic E-state index is -0.0166. The number of nitrogens with zero attached hydrogens (tertiary/aromatic N) is 4. The smallest absolute Gasteiger partial charge is 0.267 e. The van der Waals surface area contributed by atoms with Crippen molar-refractivity contribution in [2.45, 2.75) is 12.8 Å². The summed E-state index contributed by atoms with van der Waals surface area (Å²) in [5.41, 5.74) is 5.89. The maximum absolute atomic E-state index is 12.5. The Kier molecular flexibility index (Phi) is 5.05. The van der Waals surface area contributed by atoms with Crippen LogP contribution in [0.4, 0.5) is 10.9 Å². The highest BCUT2D eigenvalue weighted by Crippen LogP contribution is 2.28. The fourth-order valence-electron chi connectivity index (χ4n) is 2.55. The monoisotopic (exact) mass is 311 g/mol. The van der Waals surface area contributed by atoms with E-state index in [0.717, 1.165) is 37.6 Å². The number of hydrogen-bond acceptors (Lipinski definition) is 6. The summed E-state index contributed by atoms with van der Waals surface area (Å²) in [6.45, 7) is 3.02. The Bertz CT molecular complexity index is 494. The molecule has 21 heavy (non-hydrogen) atoms. The number of nitrogen functional groups attached to an aromatic ring is 1. The number of anilines is 2. The Labute approximate surface area is 130 Å². The molecule has 1 amide bonds. The van der Waals surface area contributed by atoms with Crippen LogP contribution in [0.3, 0.4) is 0 Å². The minimum Gasteiger partial charge on any atom is -0.382 e. The van der Waals surface area contributed by atoms with E-state index in [-0.39, 0.29) is 5.91 Å². The summed E-state index contributed by atoms with van der Waals surface area (Å²) in [6.07, 6.45) is 2.30. The predicted molar refractivity (Wildman–Crippen MR) is 88.0 cm³/mol. The van der Waals surface area contributed by atoms with Gasteiger partial charge in [0.15, 0.2) is 5.13 Å². The predicted octanol–water partition coefficient (Wildman–Crippen LogP) is 1.21. The topological polar surface area (TPSA) is 65.7 Å². The number of carbonyl (C=O) groups excluding carboxylic acids is 1. The van der Waals surface area contributed by atoms with Crippen LogP contribution in [-0.4, -0.2) is 68.5 Å². The van der Waals surface area contributed by atoms with E-state index < -0.39 is 0 Å². The number of likely N-dealkylation sites (tertiary alicyclic amines) is 1. The Morgan fingerprint density at radius 3 is 2.52 bits per heavy atom. The molecule has 2 rings (SSSR count). The second-order valence-corrected chi connectivity index (χ2v) is 7.02. The molecule has 0 aromatic carbocycles. The van der Waals surface area contributed by atoms with Gasteiger partial charge >= 0.3 is 0 Å². The molecule has 0 bridgehead atoms. The third-order valence-corrected chi connectivity index (χ3v) is 5.16. The van der Waals surface area contributed by atoms with Crippen molar-refractivity contribution in [3.05, 3.63) is 4.88 Å². The van der Waals surface area contributed by atoms with E-state index in [1.165, 1.54) is 11.3 Å². The normalized spacial score (nSPS) is 17.0. The van der Waals surface area contributed by atoms with Gasteiger partial charge in [-0.25, -0.2) is 4.98 Å². The fourth-order valence-corrected chi connectivity index (χ4v) is 3.46. The second-order valence-electron chi connectivity index (χ2n) is 6.04. The number of thiazole rings is 1. The first kappa shape index (κ1) is 16.0. The number of amides is 1. The maximum atomic E-state index is 12.5. The van der Waals surface area contributed by atoms with Gasteiger partial charge < -0.3 is 20.4 Å². The average molecular weight is 311 g/mol. The lowest BCUT2D eigenvalue weighted by molar-refractivity contribution is 0.0752. The van der Waals surface area contributed by atoms with Crippen molar-refractivity contribution in [1.82, 2.24) is 14.8 Å². The summed E-state index contributed by atoms with van der Waals surface area (Å²) in [4.78, 5) is 23.3. The van der Waals surface area contributed by atoms with Crippen molar-refractivity contribution >= 4 is 28.2 Å². The molecule has 0 aliphatic carbocycles.